The first-order valence-corrected chi connectivity index (χ1v) is 4.32. The van der Waals surface area contributed by atoms with Crippen molar-refractivity contribution < 1.29 is 0 Å². The van der Waals surface area contributed by atoms with Gasteiger partial charge in [-0.1, -0.05) is 6.07 Å². The van der Waals surface area contributed by atoms with E-state index >= 15 is 0 Å². The molecule has 2 N–H and O–H groups in total. The molecule has 0 spiro atoms. The molecule has 2 rings (SSSR count). The van der Waals surface area contributed by atoms with Crippen molar-refractivity contribution >= 4 is 17.2 Å². The fraction of sp³-hybridized carbons (Fsp3) is 0.250. The van der Waals surface area contributed by atoms with Crippen LogP contribution in [-0.2, 0) is 0 Å². The van der Waals surface area contributed by atoms with Gasteiger partial charge >= 0.3 is 0 Å². The molecule has 13 heavy (non-hydrogen) atoms. The topological polar surface area (TPSA) is 56.2 Å². The van der Waals surface area contributed by atoms with Crippen molar-refractivity contribution in [3.05, 3.63) is 29.2 Å². The van der Waals surface area contributed by atoms with Gasteiger partial charge in [-0.2, -0.15) is 0 Å². The highest BCUT2D eigenvalue weighted by Gasteiger charge is 2.04. The van der Waals surface area contributed by atoms with Crippen LogP contribution in [0.3, 0.4) is 0 Å². The van der Waals surface area contributed by atoms with E-state index in [9.17, 15) is 0 Å². The second-order valence-corrected chi connectivity index (χ2v) is 3.29. The summed E-state index contributed by atoms with van der Waals surface area (Å²) < 4.78 is 1.71. The zero-order valence-corrected chi connectivity index (χ0v) is 7.86. The standard InChI is InChI=1S/C8H9ClN4/c1-5(10)6-2-3-7-11-12-8(9)13(7)4-6/h2-5H,10H2,1H3. The van der Waals surface area contributed by atoms with Crippen LogP contribution in [0.2, 0.25) is 5.28 Å². The number of hydrogen-bond acceptors (Lipinski definition) is 3. The van der Waals surface area contributed by atoms with E-state index in [0.717, 1.165) is 11.2 Å². The summed E-state index contributed by atoms with van der Waals surface area (Å²) in [6.45, 7) is 1.92. The second-order valence-electron chi connectivity index (χ2n) is 2.95. The van der Waals surface area contributed by atoms with Crippen molar-refractivity contribution in [3.63, 3.8) is 0 Å². The lowest BCUT2D eigenvalue weighted by Gasteiger charge is -2.04. The molecule has 0 aliphatic heterocycles. The largest absolute Gasteiger partial charge is 0.324 e. The van der Waals surface area contributed by atoms with Crippen LogP contribution in [0.25, 0.3) is 5.65 Å². The SMILES string of the molecule is CC(N)c1ccc2nnc(Cl)n2c1. The van der Waals surface area contributed by atoms with E-state index in [-0.39, 0.29) is 6.04 Å². The first kappa shape index (κ1) is 8.47. The number of nitrogens with two attached hydrogens (primary N) is 1. The van der Waals surface area contributed by atoms with Gasteiger partial charge in [0.2, 0.25) is 5.28 Å². The highest BCUT2D eigenvalue weighted by Crippen LogP contribution is 2.14. The molecule has 0 aliphatic carbocycles. The van der Waals surface area contributed by atoms with E-state index in [1.54, 1.807) is 4.40 Å². The maximum Gasteiger partial charge on any atom is 0.229 e. The highest BCUT2D eigenvalue weighted by molar-refractivity contribution is 6.28. The molecule has 0 aromatic carbocycles. The third-order valence-electron chi connectivity index (χ3n) is 1.91. The number of halogens is 1. The predicted octanol–water partition coefficient (Wildman–Crippen LogP) is 1.40. The molecule has 1 atom stereocenters. The molecule has 68 valence electrons. The molecule has 0 saturated heterocycles. The van der Waals surface area contributed by atoms with Gasteiger partial charge in [-0.05, 0) is 30.2 Å². The van der Waals surface area contributed by atoms with Crippen LogP contribution in [0.4, 0.5) is 0 Å². The molecule has 5 heteroatoms. The summed E-state index contributed by atoms with van der Waals surface area (Å²) in [6.07, 6.45) is 1.85. The zero-order valence-electron chi connectivity index (χ0n) is 7.11. The fourth-order valence-electron chi connectivity index (χ4n) is 1.15. The van der Waals surface area contributed by atoms with Crippen molar-refractivity contribution in [3.8, 4) is 0 Å². The first-order chi connectivity index (χ1) is 6.18. The van der Waals surface area contributed by atoms with Gasteiger partial charge in [0.05, 0.1) is 0 Å². The number of pyridine rings is 1. The Morgan fingerprint density at radius 2 is 2.23 bits per heavy atom. The summed E-state index contributed by atoms with van der Waals surface area (Å²) >= 11 is 5.80. The summed E-state index contributed by atoms with van der Waals surface area (Å²) in [4.78, 5) is 0. The number of rotatable bonds is 1. The normalized spacial score (nSPS) is 13.5. The molecule has 0 amide bonds. The molecule has 2 aromatic heterocycles. The molecule has 0 aliphatic rings. The van der Waals surface area contributed by atoms with Gasteiger partial charge in [0, 0.05) is 12.2 Å². The molecule has 1 unspecified atom stereocenters. The van der Waals surface area contributed by atoms with Crippen molar-refractivity contribution in [1.82, 2.24) is 14.6 Å². The molecule has 0 fully saturated rings. The van der Waals surface area contributed by atoms with Crippen LogP contribution >= 0.6 is 11.6 Å². The van der Waals surface area contributed by atoms with Crippen LogP contribution in [0.1, 0.15) is 18.5 Å². The lowest BCUT2D eigenvalue weighted by molar-refractivity contribution is 0.808. The van der Waals surface area contributed by atoms with Crippen LogP contribution in [0.5, 0.6) is 0 Å². The smallest absolute Gasteiger partial charge is 0.229 e. The Labute approximate surface area is 80.3 Å². The Hall–Kier alpha value is -1.13. The minimum Gasteiger partial charge on any atom is -0.324 e. The Kier molecular flexibility index (Phi) is 1.94. The van der Waals surface area contributed by atoms with Gasteiger partial charge in [0.1, 0.15) is 0 Å². The minimum atomic E-state index is -0.0112. The molecule has 2 aromatic rings. The highest BCUT2D eigenvalue weighted by atomic mass is 35.5. The van der Waals surface area contributed by atoms with Gasteiger partial charge < -0.3 is 5.73 Å². The Balaban J connectivity index is 2.66. The van der Waals surface area contributed by atoms with Crippen molar-refractivity contribution in [1.29, 1.82) is 0 Å². The summed E-state index contributed by atoms with van der Waals surface area (Å²) in [5.74, 6) is 0. The molecule has 0 radical (unpaired) electrons. The Morgan fingerprint density at radius 1 is 1.46 bits per heavy atom. The quantitative estimate of drug-likeness (QED) is 0.750. The van der Waals surface area contributed by atoms with Crippen LogP contribution < -0.4 is 5.73 Å². The summed E-state index contributed by atoms with van der Waals surface area (Å²) in [7, 11) is 0. The monoisotopic (exact) mass is 196 g/mol. The maximum atomic E-state index is 5.80. The van der Waals surface area contributed by atoms with Crippen molar-refractivity contribution in [2.24, 2.45) is 5.73 Å². The number of nitrogens with zero attached hydrogens (tertiary/aromatic N) is 3. The first-order valence-electron chi connectivity index (χ1n) is 3.94. The van der Waals surface area contributed by atoms with Gasteiger partial charge in [0.15, 0.2) is 5.65 Å². The lowest BCUT2D eigenvalue weighted by atomic mass is 10.2. The predicted molar refractivity (Wildman–Crippen MR) is 50.6 cm³/mol. The van der Waals surface area contributed by atoms with Gasteiger partial charge in [-0.3, -0.25) is 4.40 Å². The number of fused-ring (bicyclic) bond motifs is 1. The molecule has 0 bridgehead atoms. The van der Waals surface area contributed by atoms with E-state index in [2.05, 4.69) is 10.2 Å². The molecular weight excluding hydrogens is 188 g/mol. The van der Waals surface area contributed by atoms with E-state index in [1.807, 2.05) is 25.3 Å². The molecule has 4 nitrogen and oxygen atoms in total. The Morgan fingerprint density at radius 3 is 2.92 bits per heavy atom. The summed E-state index contributed by atoms with van der Waals surface area (Å²) in [6, 6.07) is 3.76. The van der Waals surface area contributed by atoms with Crippen LogP contribution in [-0.4, -0.2) is 14.6 Å². The van der Waals surface area contributed by atoms with E-state index in [0.29, 0.717) is 5.28 Å². The van der Waals surface area contributed by atoms with E-state index < -0.39 is 0 Å². The average molecular weight is 197 g/mol. The minimum absolute atomic E-state index is 0.0112. The maximum absolute atomic E-state index is 5.80. The zero-order chi connectivity index (χ0) is 9.42. The molecule has 2 heterocycles. The Bertz CT molecular complexity index is 435. The van der Waals surface area contributed by atoms with E-state index in [4.69, 9.17) is 17.3 Å². The third-order valence-corrected chi connectivity index (χ3v) is 2.17. The lowest BCUT2D eigenvalue weighted by Crippen LogP contribution is -2.05. The fourth-order valence-corrected chi connectivity index (χ4v) is 1.32. The molecular formula is C8H9ClN4. The third kappa shape index (κ3) is 1.38. The van der Waals surface area contributed by atoms with Gasteiger partial charge in [0.25, 0.3) is 0 Å². The van der Waals surface area contributed by atoms with Gasteiger partial charge in [-0.15, -0.1) is 10.2 Å². The summed E-state index contributed by atoms with van der Waals surface area (Å²) in [5.41, 5.74) is 7.47. The van der Waals surface area contributed by atoms with E-state index in [1.165, 1.54) is 0 Å². The number of aromatic nitrogens is 3. The van der Waals surface area contributed by atoms with Crippen LogP contribution in [0.15, 0.2) is 18.3 Å². The molecule has 0 saturated carbocycles. The second kappa shape index (κ2) is 2.97. The number of hydrogen-bond donors (Lipinski definition) is 1. The van der Waals surface area contributed by atoms with Crippen LogP contribution in [0, 0.1) is 0 Å². The van der Waals surface area contributed by atoms with Gasteiger partial charge in [-0.25, -0.2) is 0 Å². The average Bonchev–Trinajstić information content (AvgIpc) is 2.47. The van der Waals surface area contributed by atoms with Crippen molar-refractivity contribution in [2.75, 3.05) is 0 Å². The van der Waals surface area contributed by atoms with Crippen molar-refractivity contribution in [2.45, 2.75) is 13.0 Å². The summed E-state index contributed by atoms with van der Waals surface area (Å²) in [5, 5.41) is 7.95.